The molecule has 0 atom stereocenters. The number of rotatable bonds is 5. The average molecular weight is 496 g/mol. The summed E-state index contributed by atoms with van der Waals surface area (Å²) in [5.41, 5.74) is 0.372. The molecule has 3 heterocycles. The zero-order valence-corrected chi connectivity index (χ0v) is 18.1. The van der Waals surface area contributed by atoms with Gasteiger partial charge in [0, 0.05) is 17.7 Å². The Hall–Kier alpha value is -4.65. The second-order valence-corrected chi connectivity index (χ2v) is 8.20. The van der Waals surface area contributed by atoms with Crippen LogP contribution in [0.25, 0.3) is 28.1 Å². The van der Waals surface area contributed by atoms with Gasteiger partial charge in [-0.15, -0.1) is 0 Å². The molecular formula is C22H11F3N6O3S. The largest absolute Gasteiger partial charge is 0.324 e. The van der Waals surface area contributed by atoms with Crippen molar-refractivity contribution in [1.82, 2.24) is 19.7 Å². The minimum atomic E-state index is -0.895. The van der Waals surface area contributed by atoms with Crippen molar-refractivity contribution >= 4 is 39.1 Å². The fraction of sp³-hybridized carbons (Fsp3) is 0. The predicted molar refractivity (Wildman–Crippen MR) is 121 cm³/mol. The fourth-order valence-electron chi connectivity index (χ4n) is 3.28. The maximum Gasteiger partial charge on any atom is 0.324 e. The molecule has 0 saturated carbocycles. The fourth-order valence-corrected chi connectivity index (χ4v) is 3.99. The van der Waals surface area contributed by atoms with E-state index >= 15 is 0 Å². The number of thiophene rings is 1. The first kappa shape index (κ1) is 22.2. The number of nitrogens with one attached hydrogen (secondary N) is 1. The van der Waals surface area contributed by atoms with Gasteiger partial charge in [0.1, 0.15) is 23.1 Å². The van der Waals surface area contributed by atoms with Gasteiger partial charge in [0.05, 0.1) is 21.4 Å². The lowest BCUT2D eigenvalue weighted by molar-refractivity contribution is -0.380. The summed E-state index contributed by atoms with van der Waals surface area (Å²) in [6.07, 6.45) is 1.29. The molecule has 0 saturated heterocycles. The number of fused-ring (bicyclic) bond motifs is 1. The first-order valence-electron chi connectivity index (χ1n) is 9.83. The molecule has 0 bridgehead atoms. The number of halogens is 3. The molecule has 5 aromatic rings. The average Bonchev–Trinajstić information content (AvgIpc) is 3.48. The first-order valence-corrected chi connectivity index (χ1v) is 10.6. The predicted octanol–water partition coefficient (Wildman–Crippen LogP) is 5.12. The van der Waals surface area contributed by atoms with Crippen LogP contribution >= 0.6 is 11.3 Å². The van der Waals surface area contributed by atoms with Gasteiger partial charge in [-0.3, -0.25) is 14.9 Å². The van der Waals surface area contributed by atoms with Crippen molar-refractivity contribution < 1.29 is 22.9 Å². The zero-order valence-electron chi connectivity index (χ0n) is 17.3. The highest BCUT2D eigenvalue weighted by Crippen LogP contribution is 2.29. The van der Waals surface area contributed by atoms with Crippen molar-refractivity contribution in [3.63, 3.8) is 0 Å². The lowest BCUT2D eigenvalue weighted by Gasteiger charge is -2.09. The summed E-state index contributed by atoms with van der Waals surface area (Å²) < 4.78 is 42.5. The van der Waals surface area contributed by atoms with E-state index in [-0.39, 0.29) is 38.2 Å². The molecule has 0 aliphatic rings. The summed E-state index contributed by atoms with van der Waals surface area (Å²) in [5.74, 6) is -2.77. The maximum absolute atomic E-state index is 14.5. The van der Waals surface area contributed by atoms with E-state index in [1.54, 1.807) is 0 Å². The van der Waals surface area contributed by atoms with E-state index in [2.05, 4.69) is 20.4 Å². The van der Waals surface area contributed by atoms with Gasteiger partial charge in [0.15, 0.2) is 17.3 Å². The number of carbonyl (C=O) groups is 1. The van der Waals surface area contributed by atoms with Gasteiger partial charge in [0.2, 0.25) is 0 Å². The molecule has 0 spiro atoms. The number of anilines is 1. The SMILES string of the molecule is O=C(Nc1nc(-c2ccc(F)cc2)nc2c1cnn2-c1ccc(F)cc1F)c1ccc([N+](=O)[O-])s1. The Balaban J connectivity index is 1.65. The minimum absolute atomic E-state index is 0.0100. The number of amides is 1. The highest BCUT2D eigenvalue weighted by molar-refractivity contribution is 7.17. The molecule has 174 valence electrons. The maximum atomic E-state index is 14.5. The smallest absolute Gasteiger partial charge is 0.305 e. The summed E-state index contributed by atoms with van der Waals surface area (Å²) >= 11 is 0.679. The van der Waals surface area contributed by atoms with E-state index in [0.29, 0.717) is 23.0 Å². The van der Waals surface area contributed by atoms with Crippen molar-refractivity contribution in [2.75, 3.05) is 5.32 Å². The number of hydrogen-bond donors (Lipinski definition) is 1. The molecule has 3 aromatic heterocycles. The quantitative estimate of drug-likeness (QED) is 0.267. The van der Waals surface area contributed by atoms with Gasteiger partial charge in [-0.1, -0.05) is 11.3 Å². The molecule has 2 aromatic carbocycles. The lowest BCUT2D eigenvalue weighted by Crippen LogP contribution is -2.13. The lowest BCUT2D eigenvalue weighted by atomic mass is 10.2. The molecule has 0 radical (unpaired) electrons. The van der Waals surface area contributed by atoms with Gasteiger partial charge < -0.3 is 5.32 Å². The van der Waals surface area contributed by atoms with Gasteiger partial charge in [-0.25, -0.2) is 27.8 Å². The molecule has 35 heavy (non-hydrogen) atoms. The molecular weight excluding hydrogens is 485 g/mol. The molecule has 0 aliphatic carbocycles. The van der Waals surface area contributed by atoms with Gasteiger partial charge >= 0.3 is 5.00 Å². The Labute approximate surface area is 197 Å². The zero-order chi connectivity index (χ0) is 24.7. The van der Waals surface area contributed by atoms with Crippen LogP contribution in [0.3, 0.4) is 0 Å². The number of benzene rings is 2. The van der Waals surface area contributed by atoms with E-state index in [9.17, 15) is 28.1 Å². The van der Waals surface area contributed by atoms with Crippen LogP contribution in [0.15, 0.2) is 60.8 Å². The van der Waals surface area contributed by atoms with Crippen molar-refractivity contribution in [2.24, 2.45) is 0 Å². The normalized spacial score (nSPS) is 11.1. The highest BCUT2D eigenvalue weighted by atomic mass is 32.1. The Morgan fingerprint density at radius 1 is 1.00 bits per heavy atom. The number of nitrogens with zero attached hydrogens (tertiary/aromatic N) is 5. The third-order valence-corrected chi connectivity index (χ3v) is 5.93. The standard InChI is InChI=1S/C22H11F3N6O3S/c23-12-3-1-11(2-4-12)19-27-20(29-22(32)17-7-8-18(35-17)31(33)34)14-10-26-30(21(14)28-19)16-6-5-13(24)9-15(16)25/h1-10H,(H,27,28,29,32). The summed E-state index contributed by atoms with van der Waals surface area (Å²) in [4.78, 5) is 32.0. The van der Waals surface area contributed by atoms with Gasteiger partial charge in [-0.2, -0.15) is 5.10 Å². The van der Waals surface area contributed by atoms with Crippen molar-refractivity contribution in [3.8, 4) is 17.1 Å². The van der Waals surface area contributed by atoms with E-state index in [1.807, 2.05) is 0 Å². The van der Waals surface area contributed by atoms with E-state index in [4.69, 9.17) is 0 Å². The number of nitro groups is 1. The molecule has 0 fully saturated rings. The van der Waals surface area contributed by atoms with Crippen LogP contribution in [0.1, 0.15) is 9.67 Å². The van der Waals surface area contributed by atoms with Crippen molar-refractivity contribution in [3.05, 3.63) is 93.2 Å². The highest BCUT2D eigenvalue weighted by Gasteiger charge is 2.21. The molecule has 5 rings (SSSR count). The summed E-state index contributed by atoms with van der Waals surface area (Å²) in [6, 6.07) is 10.7. The molecule has 1 N–H and O–H groups in total. The van der Waals surface area contributed by atoms with Crippen LogP contribution in [0, 0.1) is 27.6 Å². The van der Waals surface area contributed by atoms with Crippen molar-refractivity contribution in [2.45, 2.75) is 0 Å². The number of carbonyl (C=O) groups excluding carboxylic acids is 1. The second-order valence-electron chi connectivity index (χ2n) is 7.14. The Morgan fingerprint density at radius 2 is 1.74 bits per heavy atom. The van der Waals surface area contributed by atoms with E-state index < -0.39 is 28.3 Å². The summed E-state index contributed by atoms with van der Waals surface area (Å²) in [6.45, 7) is 0. The Kier molecular flexibility index (Phi) is 5.45. The monoisotopic (exact) mass is 496 g/mol. The van der Waals surface area contributed by atoms with Gasteiger partial charge in [0.25, 0.3) is 5.91 Å². The minimum Gasteiger partial charge on any atom is -0.305 e. The summed E-state index contributed by atoms with van der Waals surface area (Å²) in [5, 5.41) is 17.7. The molecule has 0 aliphatic heterocycles. The first-order chi connectivity index (χ1) is 16.8. The van der Waals surface area contributed by atoms with Crippen LogP contribution in [0.4, 0.5) is 24.0 Å². The topological polar surface area (TPSA) is 116 Å². The van der Waals surface area contributed by atoms with Crippen LogP contribution in [-0.2, 0) is 0 Å². The third kappa shape index (κ3) is 4.19. The number of hydrogen-bond acceptors (Lipinski definition) is 7. The summed E-state index contributed by atoms with van der Waals surface area (Å²) in [7, 11) is 0. The van der Waals surface area contributed by atoms with Crippen LogP contribution in [0.2, 0.25) is 0 Å². The van der Waals surface area contributed by atoms with E-state index in [1.165, 1.54) is 48.7 Å². The van der Waals surface area contributed by atoms with Crippen molar-refractivity contribution in [1.29, 1.82) is 0 Å². The Bertz CT molecular complexity index is 1620. The van der Waals surface area contributed by atoms with Crippen LogP contribution in [0.5, 0.6) is 0 Å². The molecule has 1 amide bonds. The number of aromatic nitrogens is 4. The molecule has 13 heteroatoms. The third-order valence-electron chi connectivity index (χ3n) is 4.90. The van der Waals surface area contributed by atoms with Gasteiger partial charge in [-0.05, 0) is 42.5 Å². The Morgan fingerprint density at radius 3 is 2.43 bits per heavy atom. The molecule has 9 nitrogen and oxygen atoms in total. The molecule has 0 unspecified atom stereocenters. The second kappa shape index (κ2) is 8.61. The van der Waals surface area contributed by atoms with E-state index in [0.717, 1.165) is 10.7 Å². The van der Waals surface area contributed by atoms with Crippen LogP contribution in [-0.4, -0.2) is 30.6 Å². The van der Waals surface area contributed by atoms with Crippen LogP contribution < -0.4 is 5.32 Å².